The Bertz CT molecular complexity index is 622. The van der Waals surface area contributed by atoms with E-state index in [-0.39, 0.29) is 0 Å². The molecule has 1 aromatic rings. The van der Waals surface area contributed by atoms with Crippen molar-refractivity contribution in [1.82, 2.24) is 0 Å². The second-order valence-electron chi connectivity index (χ2n) is 6.25. The van der Waals surface area contributed by atoms with Gasteiger partial charge in [0.15, 0.2) is 0 Å². The van der Waals surface area contributed by atoms with Crippen molar-refractivity contribution in [2.24, 2.45) is 5.16 Å². The first kappa shape index (κ1) is 25.3. The number of unbranched alkanes of at least 4 members (excludes halogenated alkanes) is 2. The van der Waals surface area contributed by atoms with Gasteiger partial charge in [-0.05, 0) is 89.6 Å². The molecule has 0 bridgehead atoms. The number of halogens is 3. The summed E-state index contributed by atoms with van der Waals surface area (Å²) < 4.78 is 17.8. The van der Waals surface area contributed by atoms with E-state index in [4.69, 9.17) is 30.6 Å². The van der Waals surface area contributed by atoms with Crippen molar-refractivity contribution < 1.29 is 19.0 Å². The van der Waals surface area contributed by atoms with Crippen LogP contribution in [0.25, 0.3) is 0 Å². The quantitative estimate of drug-likeness (QED) is 0.151. The van der Waals surface area contributed by atoms with Crippen LogP contribution >= 0.6 is 43.5 Å². The zero-order chi connectivity index (χ0) is 20.8. The van der Waals surface area contributed by atoms with Crippen LogP contribution in [-0.2, 0) is 9.57 Å². The molecule has 0 unspecified atom stereocenters. The Labute approximate surface area is 189 Å². The summed E-state index contributed by atoms with van der Waals surface area (Å²) in [5, 5.41) is 4.41. The molecular formula is C20H28Br2ClNO4. The Hall–Kier alpha value is -0.760. The first-order chi connectivity index (χ1) is 13.4. The fraction of sp³-hybridized carbons (Fsp3) is 0.550. The molecule has 0 N–H and O–H groups in total. The SMILES string of the molecule is CC(C)=NOCCOCCCCCOc1c(C)cc(OCC=C(Br)Br)cc1Cl. The molecule has 0 atom stereocenters. The summed E-state index contributed by atoms with van der Waals surface area (Å²) in [4.78, 5) is 5.07. The zero-order valence-electron chi connectivity index (χ0n) is 16.6. The van der Waals surface area contributed by atoms with Crippen LogP contribution in [0.15, 0.2) is 26.8 Å². The maximum atomic E-state index is 6.34. The maximum Gasteiger partial charge on any atom is 0.141 e. The molecule has 0 fully saturated rings. The van der Waals surface area contributed by atoms with Gasteiger partial charge < -0.3 is 19.0 Å². The van der Waals surface area contributed by atoms with Gasteiger partial charge in [0.1, 0.15) is 24.7 Å². The number of aryl methyl sites for hydroxylation is 1. The highest BCUT2D eigenvalue weighted by Crippen LogP contribution is 2.33. The molecule has 0 saturated carbocycles. The topological polar surface area (TPSA) is 49.3 Å². The lowest BCUT2D eigenvalue weighted by atomic mass is 10.2. The predicted molar refractivity (Wildman–Crippen MR) is 123 cm³/mol. The minimum Gasteiger partial charge on any atom is -0.492 e. The number of benzene rings is 1. The molecule has 0 aromatic heterocycles. The summed E-state index contributed by atoms with van der Waals surface area (Å²) in [5.41, 5.74) is 1.86. The fourth-order valence-corrected chi connectivity index (χ4v) is 2.77. The molecule has 0 aliphatic rings. The number of oxime groups is 1. The molecular weight excluding hydrogens is 513 g/mol. The minimum absolute atomic E-state index is 0.446. The summed E-state index contributed by atoms with van der Waals surface area (Å²) in [5.74, 6) is 1.43. The largest absolute Gasteiger partial charge is 0.492 e. The van der Waals surface area contributed by atoms with E-state index in [2.05, 4.69) is 37.0 Å². The van der Waals surface area contributed by atoms with E-state index < -0.39 is 0 Å². The lowest BCUT2D eigenvalue weighted by Crippen LogP contribution is -2.04. The average molecular weight is 542 g/mol. The molecule has 0 aliphatic carbocycles. The first-order valence-electron chi connectivity index (χ1n) is 9.18. The Morgan fingerprint density at radius 3 is 2.46 bits per heavy atom. The second-order valence-corrected chi connectivity index (χ2v) is 9.43. The van der Waals surface area contributed by atoms with Gasteiger partial charge in [-0.15, -0.1) is 0 Å². The summed E-state index contributed by atoms with van der Waals surface area (Å²) in [6.45, 7) is 8.56. The zero-order valence-corrected chi connectivity index (χ0v) is 20.5. The van der Waals surface area contributed by atoms with Crippen molar-refractivity contribution in [3.8, 4) is 11.5 Å². The summed E-state index contributed by atoms with van der Waals surface area (Å²) in [6, 6.07) is 3.71. The van der Waals surface area contributed by atoms with Gasteiger partial charge in [0.2, 0.25) is 0 Å². The van der Waals surface area contributed by atoms with E-state index in [1.165, 1.54) is 0 Å². The van der Waals surface area contributed by atoms with Crippen LogP contribution in [0.1, 0.15) is 38.7 Å². The van der Waals surface area contributed by atoms with Crippen LogP contribution < -0.4 is 9.47 Å². The highest BCUT2D eigenvalue weighted by atomic mass is 79.9. The Balaban J connectivity index is 2.19. The van der Waals surface area contributed by atoms with E-state index in [9.17, 15) is 0 Å². The lowest BCUT2D eigenvalue weighted by Gasteiger charge is -2.13. The number of hydrogen-bond acceptors (Lipinski definition) is 5. The van der Waals surface area contributed by atoms with Crippen molar-refractivity contribution in [2.45, 2.75) is 40.0 Å². The molecule has 1 rings (SSSR count). The van der Waals surface area contributed by atoms with Gasteiger partial charge in [-0.3, -0.25) is 0 Å². The molecule has 0 heterocycles. The van der Waals surface area contributed by atoms with Gasteiger partial charge in [-0.1, -0.05) is 16.8 Å². The van der Waals surface area contributed by atoms with Crippen molar-refractivity contribution >= 4 is 49.2 Å². The van der Waals surface area contributed by atoms with Crippen molar-refractivity contribution in [3.05, 3.63) is 32.2 Å². The van der Waals surface area contributed by atoms with Crippen LogP contribution in [-0.4, -0.2) is 38.7 Å². The predicted octanol–water partition coefficient (Wildman–Crippen LogP) is 6.64. The fourth-order valence-electron chi connectivity index (χ4n) is 2.20. The molecule has 0 aliphatic heterocycles. The average Bonchev–Trinajstić information content (AvgIpc) is 2.61. The number of hydrogen-bond donors (Lipinski definition) is 0. The Morgan fingerprint density at radius 1 is 1.04 bits per heavy atom. The maximum absolute atomic E-state index is 6.34. The van der Waals surface area contributed by atoms with Gasteiger partial charge in [0.25, 0.3) is 0 Å². The van der Waals surface area contributed by atoms with Gasteiger partial charge >= 0.3 is 0 Å². The highest BCUT2D eigenvalue weighted by molar-refractivity contribution is 9.28. The van der Waals surface area contributed by atoms with Gasteiger partial charge in [0, 0.05) is 12.7 Å². The van der Waals surface area contributed by atoms with Crippen LogP contribution in [0, 0.1) is 6.92 Å². The standard InChI is InChI=1S/C20H28Br2ClNO4/c1-15(2)24-28-12-11-25-8-5-4-6-9-27-20-16(3)13-17(14-18(20)23)26-10-7-19(21)22/h7,13-14H,4-6,8-12H2,1-3H3. The van der Waals surface area contributed by atoms with Crippen molar-refractivity contribution in [2.75, 3.05) is 33.0 Å². The van der Waals surface area contributed by atoms with Gasteiger partial charge in [-0.2, -0.15) is 0 Å². The monoisotopic (exact) mass is 539 g/mol. The van der Waals surface area contributed by atoms with Crippen LogP contribution in [0.2, 0.25) is 5.02 Å². The normalized spacial score (nSPS) is 10.4. The van der Waals surface area contributed by atoms with E-state index in [0.717, 1.165) is 33.9 Å². The molecule has 0 saturated heterocycles. The van der Waals surface area contributed by atoms with E-state index in [1.807, 2.05) is 32.9 Å². The number of ether oxygens (including phenoxy) is 3. The molecule has 8 heteroatoms. The molecule has 0 amide bonds. The van der Waals surface area contributed by atoms with Crippen molar-refractivity contribution in [3.63, 3.8) is 0 Å². The van der Waals surface area contributed by atoms with Crippen LogP contribution in [0.3, 0.4) is 0 Å². The third kappa shape index (κ3) is 11.9. The van der Waals surface area contributed by atoms with E-state index in [0.29, 0.717) is 49.6 Å². The second kappa shape index (κ2) is 15.1. The molecule has 5 nitrogen and oxygen atoms in total. The van der Waals surface area contributed by atoms with Crippen LogP contribution in [0.4, 0.5) is 0 Å². The third-order valence-corrected chi connectivity index (χ3v) is 4.36. The first-order valence-corrected chi connectivity index (χ1v) is 11.1. The van der Waals surface area contributed by atoms with E-state index in [1.54, 1.807) is 6.07 Å². The molecule has 158 valence electrons. The highest BCUT2D eigenvalue weighted by Gasteiger charge is 2.09. The smallest absolute Gasteiger partial charge is 0.141 e. The Morgan fingerprint density at radius 2 is 1.79 bits per heavy atom. The molecule has 1 aromatic carbocycles. The number of nitrogens with zero attached hydrogens (tertiary/aromatic N) is 1. The minimum atomic E-state index is 0.446. The van der Waals surface area contributed by atoms with Crippen molar-refractivity contribution in [1.29, 1.82) is 0 Å². The summed E-state index contributed by atoms with van der Waals surface area (Å²) in [6.07, 6.45) is 4.82. The molecule has 0 spiro atoms. The van der Waals surface area contributed by atoms with Gasteiger partial charge in [-0.25, -0.2) is 0 Å². The summed E-state index contributed by atoms with van der Waals surface area (Å²) >= 11 is 12.9. The third-order valence-electron chi connectivity index (χ3n) is 3.44. The Kier molecular flexibility index (Phi) is 13.7. The molecule has 28 heavy (non-hydrogen) atoms. The van der Waals surface area contributed by atoms with Crippen LogP contribution in [0.5, 0.6) is 11.5 Å². The number of rotatable bonds is 14. The lowest BCUT2D eigenvalue weighted by molar-refractivity contribution is 0.0488. The van der Waals surface area contributed by atoms with E-state index >= 15 is 0 Å². The van der Waals surface area contributed by atoms with Gasteiger partial charge in [0.05, 0.1) is 27.3 Å². The molecule has 0 radical (unpaired) electrons. The summed E-state index contributed by atoms with van der Waals surface area (Å²) in [7, 11) is 0.